The van der Waals surface area contributed by atoms with E-state index in [0.717, 1.165) is 12.1 Å². The van der Waals surface area contributed by atoms with Crippen LogP contribution in [0.15, 0.2) is 42.7 Å². The van der Waals surface area contributed by atoms with Gasteiger partial charge in [-0.1, -0.05) is 12.1 Å². The minimum absolute atomic E-state index is 0.136. The number of alkyl halides is 3. The molecule has 0 saturated heterocycles. The lowest BCUT2D eigenvalue weighted by Crippen LogP contribution is -2.17. The van der Waals surface area contributed by atoms with E-state index in [1.54, 1.807) is 12.3 Å². The highest BCUT2D eigenvalue weighted by molar-refractivity contribution is 6.09. The van der Waals surface area contributed by atoms with E-state index in [-0.39, 0.29) is 11.3 Å². The monoisotopic (exact) mass is 255 g/mol. The molecule has 3 nitrogen and oxygen atoms in total. The normalized spacial score (nSPS) is 11.3. The Labute approximate surface area is 100 Å². The minimum atomic E-state index is -4.77. The maximum Gasteiger partial charge on any atom is 0.573 e. The molecule has 0 aliphatic rings. The zero-order valence-corrected chi connectivity index (χ0v) is 8.99. The minimum Gasteiger partial charge on any atom is -0.406 e. The van der Waals surface area contributed by atoms with Gasteiger partial charge in [-0.05, 0) is 18.2 Å². The van der Waals surface area contributed by atoms with Crippen LogP contribution in [0.3, 0.4) is 0 Å². The van der Waals surface area contributed by atoms with E-state index in [2.05, 4.69) is 9.72 Å². The predicted octanol–water partition coefficient (Wildman–Crippen LogP) is 3.14. The molecule has 6 heteroatoms. The Balaban J connectivity index is 2.25. The van der Waals surface area contributed by atoms with Crippen molar-refractivity contribution in [1.82, 2.24) is 4.98 Å². The van der Waals surface area contributed by atoms with Crippen molar-refractivity contribution >= 4 is 5.78 Å². The smallest absolute Gasteiger partial charge is 0.406 e. The van der Waals surface area contributed by atoms with Crippen LogP contribution < -0.4 is 4.74 Å². The van der Waals surface area contributed by atoms with Crippen molar-refractivity contribution < 1.29 is 22.7 Å². The molecular weight excluding hydrogens is 247 g/mol. The average molecular weight is 255 g/mol. The molecule has 0 aliphatic heterocycles. The molecule has 94 valence electrons. The summed E-state index contributed by atoms with van der Waals surface area (Å²) in [6.45, 7) is 0. The Morgan fingerprint density at radius 2 is 1.94 bits per heavy atom. The van der Waals surface area contributed by atoms with Gasteiger partial charge in [0.2, 0.25) is 0 Å². The first-order valence-electron chi connectivity index (χ1n) is 4.99. The van der Waals surface area contributed by atoms with E-state index < -0.39 is 12.1 Å². The molecule has 1 heterocycles. The lowest BCUT2D eigenvalue weighted by molar-refractivity contribution is -0.274. The third-order valence-electron chi connectivity index (χ3n) is 2.19. The van der Waals surface area contributed by atoms with Gasteiger partial charge in [-0.2, -0.15) is 0 Å². The van der Waals surface area contributed by atoms with Crippen molar-refractivity contribution in [3.05, 3.63) is 53.9 Å². The number of carbonyl (C=O) groups excluding carboxylic acids is 1. The van der Waals surface area contributed by atoms with Gasteiger partial charge in [0, 0.05) is 23.5 Å². The number of H-pyrrole nitrogens is 1. The third kappa shape index (κ3) is 2.91. The van der Waals surface area contributed by atoms with Crippen LogP contribution in [0.1, 0.15) is 15.9 Å². The summed E-state index contributed by atoms with van der Waals surface area (Å²) in [7, 11) is 0. The lowest BCUT2D eigenvalue weighted by Gasteiger charge is -2.09. The highest BCUT2D eigenvalue weighted by Crippen LogP contribution is 2.24. The highest BCUT2D eigenvalue weighted by atomic mass is 19.4. The molecule has 0 fully saturated rings. The molecule has 0 aliphatic carbocycles. The molecule has 0 amide bonds. The number of aromatic nitrogens is 1. The SMILES string of the molecule is O=C(c1cc[nH]c1)c1cccc(OC(F)(F)F)c1. The summed E-state index contributed by atoms with van der Waals surface area (Å²) >= 11 is 0. The molecule has 0 spiro atoms. The molecule has 2 rings (SSSR count). The summed E-state index contributed by atoms with van der Waals surface area (Å²) in [5.41, 5.74) is 0.510. The second kappa shape index (κ2) is 4.56. The Bertz CT molecular complexity index is 547. The average Bonchev–Trinajstić information content (AvgIpc) is 2.79. The topological polar surface area (TPSA) is 42.1 Å². The van der Waals surface area contributed by atoms with Gasteiger partial charge in [0.1, 0.15) is 5.75 Å². The number of halogens is 3. The van der Waals surface area contributed by atoms with E-state index in [9.17, 15) is 18.0 Å². The van der Waals surface area contributed by atoms with Crippen LogP contribution in [-0.2, 0) is 0 Å². The Morgan fingerprint density at radius 1 is 1.17 bits per heavy atom. The fourth-order valence-corrected chi connectivity index (χ4v) is 1.47. The number of rotatable bonds is 3. The summed E-state index contributed by atoms with van der Waals surface area (Å²) in [5.74, 6) is -0.784. The van der Waals surface area contributed by atoms with Crippen molar-refractivity contribution in [3.8, 4) is 5.75 Å². The zero-order chi connectivity index (χ0) is 13.2. The zero-order valence-electron chi connectivity index (χ0n) is 8.99. The first kappa shape index (κ1) is 12.2. The fraction of sp³-hybridized carbons (Fsp3) is 0.0833. The molecule has 1 N–H and O–H groups in total. The molecule has 0 bridgehead atoms. The van der Waals surface area contributed by atoms with Crippen LogP contribution in [0, 0.1) is 0 Å². The molecule has 0 radical (unpaired) electrons. The van der Waals surface area contributed by atoms with E-state index in [4.69, 9.17) is 0 Å². The van der Waals surface area contributed by atoms with Crippen molar-refractivity contribution in [2.45, 2.75) is 6.36 Å². The molecule has 0 atom stereocenters. The molecule has 18 heavy (non-hydrogen) atoms. The van der Waals surface area contributed by atoms with Crippen molar-refractivity contribution in [1.29, 1.82) is 0 Å². The number of carbonyl (C=O) groups is 1. The van der Waals surface area contributed by atoms with Crippen molar-refractivity contribution in [3.63, 3.8) is 0 Å². The van der Waals surface area contributed by atoms with Crippen molar-refractivity contribution in [2.75, 3.05) is 0 Å². The number of nitrogens with one attached hydrogen (secondary N) is 1. The summed E-state index contributed by atoms with van der Waals surface area (Å²) in [6.07, 6.45) is -1.74. The molecule has 1 aromatic carbocycles. The highest BCUT2D eigenvalue weighted by Gasteiger charge is 2.31. The second-order valence-corrected chi connectivity index (χ2v) is 3.50. The van der Waals surface area contributed by atoms with Gasteiger partial charge >= 0.3 is 6.36 Å². The standard InChI is InChI=1S/C12H8F3NO2/c13-12(14,15)18-10-3-1-2-8(6-10)11(17)9-4-5-16-7-9/h1-7,16H. The molecule has 2 aromatic rings. The number of ketones is 1. The van der Waals surface area contributed by atoms with E-state index >= 15 is 0 Å². The number of benzene rings is 1. The number of hydrogen-bond acceptors (Lipinski definition) is 2. The quantitative estimate of drug-likeness (QED) is 0.856. The summed E-state index contributed by atoms with van der Waals surface area (Å²) in [5, 5.41) is 0. The number of aromatic amines is 1. The van der Waals surface area contributed by atoms with E-state index in [1.807, 2.05) is 0 Å². The van der Waals surface area contributed by atoms with Crippen LogP contribution >= 0.6 is 0 Å². The van der Waals surface area contributed by atoms with Gasteiger partial charge in [0.25, 0.3) is 0 Å². The van der Waals surface area contributed by atoms with Crippen LogP contribution in [0.2, 0.25) is 0 Å². The fourth-order valence-electron chi connectivity index (χ4n) is 1.47. The lowest BCUT2D eigenvalue weighted by atomic mass is 10.1. The van der Waals surface area contributed by atoms with Gasteiger partial charge in [-0.25, -0.2) is 0 Å². The van der Waals surface area contributed by atoms with Gasteiger partial charge in [0.15, 0.2) is 5.78 Å². The Hall–Kier alpha value is -2.24. The van der Waals surface area contributed by atoms with Gasteiger partial charge in [-0.3, -0.25) is 4.79 Å². The van der Waals surface area contributed by atoms with Gasteiger partial charge in [-0.15, -0.1) is 13.2 Å². The molecule has 1 aromatic heterocycles. The maximum absolute atomic E-state index is 12.0. The maximum atomic E-state index is 12.0. The first-order valence-corrected chi connectivity index (χ1v) is 4.99. The summed E-state index contributed by atoms with van der Waals surface area (Å²) in [6, 6.07) is 6.50. The van der Waals surface area contributed by atoms with Crippen molar-refractivity contribution in [2.24, 2.45) is 0 Å². The Morgan fingerprint density at radius 3 is 2.56 bits per heavy atom. The summed E-state index contributed by atoms with van der Waals surface area (Å²) in [4.78, 5) is 14.6. The molecule has 0 unspecified atom stereocenters. The second-order valence-electron chi connectivity index (χ2n) is 3.50. The van der Waals surface area contributed by atoms with E-state index in [1.165, 1.54) is 18.3 Å². The van der Waals surface area contributed by atoms with Crippen LogP contribution in [0.4, 0.5) is 13.2 Å². The van der Waals surface area contributed by atoms with Crippen LogP contribution in [-0.4, -0.2) is 17.1 Å². The van der Waals surface area contributed by atoms with E-state index in [0.29, 0.717) is 5.56 Å². The predicted molar refractivity (Wildman–Crippen MR) is 57.4 cm³/mol. The van der Waals surface area contributed by atoms with Gasteiger partial charge < -0.3 is 9.72 Å². The third-order valence-corrected chi connectivity index (χ3v) is 2.19. The Kier molecular flexibility index (Phi) is 3.10. The van der Waals surface area contributed by atoms with Crippen LogP contribution in [0.5, 0.6) is 5.75 Å². The molecular formula is C12H8F3NO2. The van der Waals surface area contributed by atoms with Crippen LogP contribution in [0.25, 0.3) is 0 Å². The largest absolute Gasteiger partial charge is 0.573 e. The van der Waals surface area contributed by atoms with Gasteiger partial charge in [0.05, 0.1) is 0 Å². The number of hydrogen-bond donors (Lipinski definition) is 1. The number of ether oxygens (including phenoxy) is 1. The first-order chi connectivity index (χ1) is 8.46. The summed E-state index contributed by atoms with van der Waals surface area (Å²) < 4.78 is 39.9. The molecule has 0 saturated carbocycles.